The molecule has 0 N–H and O–H groups in total. The first-order chi connectivity index (χ1) is 3.41. The maximum Gasteiger partial charge on any atom is 0.293 e. The highest BCUT2D eigenvalue weighted by Gasteiger charge is 1.78. The average Bonchev–Trinajstić information content (AvgIpc) is 1.69. The summed E-state index contributed by atoms with van der Waals surface area (Å²) in [5.74, 6) is 0.449. The van der Waals surface area contributed by atoms with E-state index in [2.05, 4.69) is 4.74 Å². The van der Waals surface area contributed by atoms with E-state index in [1.54, 1.807) is 10.8 Å². The molecule has 0 fully saturated rings. The van der Waals surface area contributed by atoms with Crippen LogP contribution in [0.3, 0.4) is 0 Å². The highest BCUT2D eigenvalue weighted by molar-refractivity contribution is 8.76. The second kappa shape index (κ2) is 6.17. The van der Waals surface area contributed by atoms with Crippen LogP contribution in [0.15, 0.2) is 0 Å². The molecule has 0 aliphatic carbocycles. The maximum absolute atomic E-state index is 9.43. The van der Waals surface area contributed by atoms with E-state index >= 15 is 0 Å². The molecule has 0 heterocycles. The van der Waals surface area contributed by atoms with E-state index in [1.165, 1.54) is 10.8 Å². The third kappa shape index (κ3) is 6.17. The molecule has 0 aromatic carbocycles. The van der Waals surface area contributed by atoms with Gasteiger partial charge in [-0.15, -0.1) is 0 Å². The SMILES string of the molecule is CSSCOC=O. The Morgan fingerprint density at radius 1 is 1.86 bits per heavy atom. The van der Waals surface area contributed by atoms with E-state index in [0.29, 0.717) is 12.4 Å². The topological polar surface area (TPSA) is 26.3 Å². The molecule has 0 amide bonds. The number of rotatable bonds is 4. The number of hydrogen-bond donors (Lipinski definition) is 0. The van der Waals surface area contributed by atoms with Crippen molar-refractivity contribution in [2.75, 3.05) is 12.2 Å². The fourth-order valence-electron chi connectivity index (χ4n) is 0.104. The minimum Gasteiger partial charge on any atom is -0.456 e. The third-order valence-corrected chi connectivity index (χ3v) is 1.77. The first-order valence-electron chi connectivity index (χ1n) is 1.62. The van der Waals surface area contributed by atoms with Crippen LogP contribution in [-0.4, -0.2) is 18.7 Å². The standard InChI is InChI=1S/C3H6O2S2/c1-6-7-3-5-2-4/h2H,3H2,1H3. The lowest BCUT2D eigenvalue weighted by Gasteiger charge is -1.90. The van der Waals surface area contributed by atoms with Gasteiger partial charge in [0, 0.05) is 0 Å². The zero-order valence-corrected chi connectivity index (χ0v) is 5.55. The first kappa shape index (κ1) is 7.17. The van der Waals surface area contributed by atoms with Gasteiger partial charge in [0.05, 0.1) is 0 Å². The summed E-state index contributed by atoms with van der Waals surface area (Å²) >= 11 is 0. The Balaban J connectivity index is 2.56. The van der Waals surface area contributed by atoms with E-state index in [0.717, 1.165) is 0 Å². The Morgan fingerprint density at radius 2 is 2.57 bits per heavy atom. The van der Waals surface area contributed by atoms with Crippen LogP contribution in [0.2, 0.25) is 0 Å². The first-order valence-corrected chi connectivity index (χ1v) is 4.35. The van der Waals surface area contributed by atoms with E-state index in [-0.39, 0.29) is 0 Å². The molecule has 0 unspecified atom stereocenters. The number of carbonyl (C=O) groups is 1. The lowest BCUT2D eigenvalue weighted by Crippen LogP contribution is -1.81. The van der Waals surface area contributed by atoms with Crippen molar-refractivity contribution in [2.24, 2.45) is 0 Å². The normalized spacial score (nSPS) is 8.14. The molecular weight excluding hydrogens is 132 g/mol. The molecular formula is C3H6O2S2. The quantitative estimate of drug-likeness (QED) is 0.252. The zero-order valence-electron chi connectivity index (χ0n) is 3.92. The van der Waals surface area contributed by atoms with Gasteiger partial charge in [-0.1, -0.05) is 21.6 Å². The second-order valence-electron chi connectivity index (χ2n) is 0.665. The number of carbonyl (C=O) groups excluding carboxylic acids is 1. The highest BCUT2D eigenvalue weighted by atomic mass is 33.1. The van der Waals surface area contributed by atoms with E-state index in [1.807, 2.05) is 6.26 Å². The molecule has 4 heteroatoms. The van der Waals surface area contributed by atoms with Crippen LogP contribution < -0.4 is 0 Å². The van der Waals surface area contributed by atoms with Crippen molar-refractivity contribution in [3.8, 4) is 0 Å². The van der Waals surface area contributed by atoms with Gasteiger partial charge in [0.1, 0.15) is 5.94 Å². The zero-order chi connectivity index (χ0) is 5.54. The number of ether oxygens (including phenoxy) is 1. The third-order valence-electron chi connectivity index (χ3n) is 0.302. The minimum absolute atomic E-state index is 0.448. The van der Waals surface area contributed by atoms with Crippen molar-refractivity contribution in [1.82, 2.24) is 0 Å². The molecule has 0 bridgehead atoms. The van der Waals surface area contributed by atoms with Gasteiger partial charge in [-0.2, -0.15) is 0 Å². The van der Waals surface area contributed by atoms with Crippen molar-refractivity contribution in [2.45, 2.75) is 0 Å². The van der Waals surface area contributed by atoms with Crippen LogP contribution in [0.25, 0.3) is 0 Å². The fourth-order valence-corrected chi connectivity index (χ4v) is 0.766. The van der Waals surface area contributed by atoms with Gasteiger partial charge in [0.2, 0.25) is 0 Å². The van der Waals surface area contributed by atoms with E-state index in [4.69, 9.17) is 0 Å². The molecule has 0 radical (unpaired) electrons. The van der Waals surface area contributed by atoms with Crippen molar-refractivity contribution in [1.29, 1.82) is 0 Å². The molecule has 0 rings (SSSR count). The molecule has 0 saturated heterocycles. The van der Waals surface area contributed by atoms with Gasteiger partial charge in [-0.3, -0.25) is 4.79 Å². The van der Waals surface area contributed by atoms with Crippen molar-refractivity contribution in [3.63, 3.8) is 0 Å². The van der Waals surface area contributed by atoms with Crippen molar-refractivity contribution < 1.29 is 9.53 Å². The summed E-state index contributed by atoms with van der Waals surface area (Å²) in [6.07, 6.45) is 1.93. The Kier molecular flexibility index (Phi) is 6.32. The van der Waals surface area contributed by atoms with Crippen molar-refractivity contribution >= 4 is 28.1 Å². The van der Waals surface area contributed by atoms with Gasteiger partial charge in [-0.25, -0.2) is 0 Å². The fraction of sp³-hybridized carbons (Fsp3) is 0.667. The molecule has 2 nitrogen and oxygen atoms in total. The lowest BCUT2D eigenvalue weighted by molar-refractivity contribution is -0.126. The Labute approximate surface area is 50.4 Å². The smallest absolute Gasteiger partial charge is 0.293 e. The summed E-state index contributed by atoms with van der Waals surface area (Å²) in [6, 6.07) is 0. The second-order valence-corrected chi connectivity index (χ2v) is 3.18. The summed E-state index contributed by atoms with van der Waals surface area (Å²) < 4.78 is 4.34. The minimum atomic E-state index is 0.448. The molecule has 0 aromatic heterocycles. The van der Waals surface area contributed by atoms with Gasteiger partial charge in [0.15, 0.2) is 0 Å². The molecule has 0 atom stereocenters. The van der Waals surface area contributed by atoms with E-state index < -0.39 is 0 Å². The predicted molar refractivity (Wildman–Crippen MR) is 33.1 cm³/mol. The molecule has 0 aromatic rings. The predicted octanol–water partition coefficient (Wildman–Crippen LogP) is 1.13. The molecule has 0 aliphatic rings. The van der Waals surface area contributed by atoms with Crippen LogP contribution in [0.5, 0.6) is 0 Å². The average molecular weight is 138 g/mol. The van der Waals surface area contributed by atoms with E-state index in [9.17, 15) is 4.79 Å². The Hall–Kier alpha value is 0.170. The van der Waals surface area contributed by atoms with Gasteiger partial charge in [-0.05, 0) is 6.26 Å². The molecule has 42 valence electrons. The Morgan fingerprint density at radius 3 is 3.00 bits per heavy atom. The lowest BCUT2D eigenvalue weighted by atomic mass is 11.5. The van der Waals surface area contributed by atoms with Crippen LogP contribution in [0.1, 0.15) is 0 Å². The number of hydrogen-bond acceptors (Lipinski definition) is 4. The summed E-state index contributed by atoms with van der Waals surface area (Å²) in [7, 11) is 3.07. The maximum atomic E-state index is 9.43. The summed E-state index contributed by atoms with van der Waals surface area (Å²) in [4.78, 5) is 9.43. The van der Waals surface area contributed by atoms with Crippen LogP contribution >= 0.6 is 21.6 Å². The van der Waals surface area contributed by atoms with Crippen molar-refractivity contribution in [3.05, 3.63) is 0 Å². The largest absolute Gasteiger partial charge is 0.456 e. The van der Waals surface area contributed by atoms with Crippen LogP contribution in [-0.2, 0) is 9.53 Å². The molecule has 0 spiro atoms. The molecule has 0 saturated carbocycles. The highest BCUT2D eigenvalue weighted by Crippen LogP contribution is 2.15. The van der Waals surface area contributed by atoms with Gasteiger partial charge < -0.3 is 4.74 Å². The molecule has 7 heavy (non-hydrogen) atoms. The summed E-state index contributed by atoms with van der Waals surface area (Å²) in [6.45, 7) is 0.448. The van der Waals surface area contributed by atoms with Crippen LogP contribution in [0, 0.1) is 0 Å². The Bertz CT molecular complexity index is 48.2. The van der Waals surface area contributed by atoms with Crippen LogP contribution in [0.4, 0.5) is 0 Å². The van der Waals surface area contributed by atoms with Gasteiger partial charge >= 0.3 is 0 Å². The summed E-state index contributed by atoms with van der Waals surface area (Å²) in [5, 5.41) is 0. The monoisotopic (exact) mass is 138 g/mol. The van der Waals surface area contributed by atoms with Gasteiger partial charge in [0.25, 0.3) is 6.47 Å². The summed E-state index contributed by atoms with van der Waals surface area (Å²) in [5.41, 5.74) is 0. The molecule has 0 aliphatic heterocycles.